The molecule has 2 saturated heterocycles. The van der Waals surface area contributed by atoms with Crippen molar-refractivity contribution >= 4 is 34.9 Å². The van der Waals surface area contributed by atoms with Crippen LogP contribution in [0.2, 0.25) is 0 Å². The summed E-state index contributed by atoms with van der Waals surface area (Å²) in [7, 11) is 2.52. The van der Waals surface area contributed by atoms with Gasteiger partial charge in [0.15, 0.2) is 0 Å². The third-order valence-corrected chi connectivity index (χ3v) is 12.1. The minimum absolute atomic E-state index is 0.247. The number of halogens is 1. The standard InChI is InChI=1S/C49H46FN9O6/c1-64-48(62)56-42(29-11-5-3-6-12-29)46(60)58-23-9-15-40(58)44-51-27-38(54-44)32-18-21-36-31(25-32)19-22-37(53-36)34-20-17-33(26-35(34)50)39-28-52-45(55-39)41-16-10-24-59(41)47(61)43(57-49(63)65-2)30-13-7-4-8-14-30/h3-8,11-14,17-22,25-28,40-43H,9-10,15-16,23-24H2,1-2H3,(H,51,54)(H,52,55)(H,56,62)(H,57,63)/t40?,41-,42+,43+/m0/s1. The Balaban J connectivity index is 0.891. The normalized spacial score (nSPS) is 16.8. The van der Waals surface area contributed by atoms with Crippen molar-refractivity contribution in [3.63, 3.8) is 0 Å². The molecule has 5 heterocycles. The number of rotatable bonds is 11. The fraction of sp³-hybridized carbons (Fsp3) is 0.245. The van der Waals surface area contributed by atoms with Crippen molar-refractivity contribution in [2.45, 2.75) is 49.9 Å². The van der Waals surface area contributed by atoms with Crippen molar-refractivity contribution in [1.82, 2.24) is 45.4 Å². The summed E-state index contributed by atoms with van der Waals surface area (Å²) in [4.78, 5) is 76.8. The molecule has 0 spiro atoms. The summed E-state index contributed by atoms with van der Waals surface area (Å²) >= 11 is 0. The Labute approximate surface area is 373 Å². The van der Waals surface area contributed by atoms with Crippen LogP contribution in [0, 0.1) is 5.82 Å². The summed E-state index contributed by atoms with van der Waals surface area (Å²) in [6.07, 6.45) is 4.95. The molecule has 65 heavy (non-hydrogen) atoms. The van der Waals surface area contributed by atoms with Gasteiger partial charge in [0.25, 0.3) is 11.8 Å². The van der Waals surface area contributed by atoms with Crippen LogP contribution in [0.3, 0.4) is 0 Å². The number of carbonyl (C=O) groups is 4. The highest BCUT2D eigenvalue weighted by Crippen LogP contribution is 2.37. The average Bonchev–Trinajstić information content (AvgIpc) is 4.20. The fourth-order valence-corrected chi connectivity index (χ4v) is 8.81. The van der Waals surface area contributed by atoms with E-state index in [-0.39, 0.29) is 23.9 Å². The SMILES string of the molecule is COC(=O)N[C@@H](C(=O)N1CCCC1c1nc(-c2ccc3nc(-c4ccc(-c5cnc([C@@H]6CCCN6C(=O)[C@H](NC(=O)OC)c6ccccc6)[nH]5)cc4F)ccc3c2)c[nH]1)c1ccccc1. The summed E-state index contributed by atoms with van der Waals surface area (Å²) < 4.78 is 25.6. The summed E-state index contributed by atoms with van der Waals surface area (Å²) in [5.41, 5.74) is 5.47. The number of carbonyl (C=O) groups excluding carboxylic acids is 4. The first-order valence-corrected chi connectivity index (χ1v) is 21.4. The molecular formula is C49H46FN9O6. The van der Waals surface area contributed by atoms with Crippen LogP contribution in [0.1, 0.15) is 72.6 Å². The number of aromatic amines is 2. The number of H-pyrrole nitrogens is 2. The number of imidazole rings is 2. The van der Waals surface area contributed by atoms with Gasteiger partial charge in [0.2, 0.25) is 0 Å². The first-order valence-electron chi connectivity index (χ1n) is 21.4. The predicted molar refractivity (Wildman–Crippen MR) is 239 cm³/mol. The number of pyridine rings is 1. The van der Waals surface area contributed by atoms with E-state index in [1.54, 1.807) is 70.6 Å². The zero-order valence-electron chi connectivity index (χ0n) is 35.7. The van der Waals surface area contributed by atoms with Crippen LogP contribution in [-0.4, -0.2) is 86.0 Å². The lowest BCUT2D eigenvalue weighted by atomic mass is 10.0. The Morgan fingerprint density at radius 3 is 1.89 bits per heavy atom. The highest BCUT2D eigenvalue weighted by atomic mass is 19.1. The van der Waals surface area contributed by atoms with Gasteiger partial charge in [-0.05, 0) is 67.1 Å². The van der Waals surface area contributed by atoms with Crippen LogP contribution < -0.4 is 10.6 Å². The topological polar surface area (TPSA) is 188 Å². The summed E-state index contributed by atoms with van der Waals surface area (Å²) in [6, 6.07) is 29.9. The summed E-state index contributed by atoms with van der Waals surface area (Å²) in [5.74, 6) is 0.229. The Hall–Kier alpha value is -7.88. The van der Waals surface area contributed by atoms with Gasteiger partial charge in [-0.3, -0.25) is 9.59 Å². The second-order valence-electron chi connectivity index (χ2n) is 16.0. The van der Waals surface area contributed by atoms with E-state index < -0.39 is 30.1 Å². The molecule has 7 aromatic rings. The van der Waals surface area contributed by atoms with Crippen molar-refractivity contribution in [2.24, 2.45) is 0 Å². The third-order valence-electron chi connectivity index (χ3n) is 12.1. The molecule has 4 N–H and O–H groups in total. The van der Waals surface area contributed by atoms with Crippen molar-refractivity contribution in [1.29, 1.82) is 0 Å². The molecule has 0 radical (unpaired) electrons. The number of aromatic nitrogens is 5. The molecule has 2 aliphatic heterocycles. The van der Waals surface area contributed by atoms with Gasteiger partial charge < -0.3 is 39.9 Å². The Morgan fingerprint density at radius 2 is 1.29 bits per heavy atom. The fourth-order valence-electron chi connectivity index (χ4n) is 8.81. The molecule has 1 unspecified atom stereocenters. The van der Waals surface area contributed by atoms with Crippen molar-refractivity contribution in [2.75, 3.05) is 27.3 Å². The van der Waals surface area contributed by atoms with E-state index in [1.165, 1.54) is 20.3 Å². The molecule has 2 fully saturated rings. The van der Waals surface area contributed by atoms with Gasteiger partial charge in [0, 0.05) is 41.4 Å². The molecule has 4 amide bonds. The van der Waals surface area contributed by atoms with Crippen molar-refractivity contribution in [3.8, 4) is 33.8 Å². The number of hydrogen-bond donors (Lipinski definition) is 4. The third kappa shape index (κ3) is 8.74. The molecule has 0 aliphatic carbocycles. The number of likely N-dealkylation sites (tertiary alicyclic amines) is 2. The lowest BCUT2D eigenvalue weighted by molar-refractivity contribution is -0.135. The Morgan fingerprint density at radius 1 is 0.692 bits per heavy atom. The maximum absolute atomic E-state index is 15.9. The first kappa shape index (κ1) is 42.4. The lowest BCUT2D eigenvalue weighted by Crippen LogP contribution is -2.42. The molecule has 4 atom stereocenters. The van der Waals surface area contributed by atoms with Crippen LogP contribution in [0.15, 0.2) is 122 Å². The van der Waals surface area contributed by atoms with Gasteiger partial charge in [0.1, 0.15) is 29.5 Å². The van der Waals surface area contributed by atoms with Crippen molar-refractivity contribution < 1.29 is 33.0 Å². The minimum Gasteiger partial charge on any atom is -0.453 e. The number of nitrogens with one attached hydrogen (secondary N) is 4. The number of nitrogens with zero attached hydrogens (tertiary/aromatic N) is 5. The number of hydrogen-bond acceptors (Lipinski definition) is 9. The van der Waals surface area contributed by atoms with E-state index in [1.807, 2.05) is 54.7 Å². The summed E-state index contributed by atoms with van der Waals surface area (Å²) in [6.45, 7) is 1.000. The van der Waals surface area contributed by atoms with Gasteiger partial charge in [-0.15, -0.1) is 0 Å². The van der Waals surface area contributed by atoms with Gasteiger partial charge >= 0.3 is 12.2 Å². The number of ether oxygens (including phenoxy) is 2. The molecule has 15 nitrogen and oxygen atoms in total. The van der Waals surface area contributed by atoms with E-state index in [0.29, 0.717) is 82.4 Å². The van der Waals surface area contributed by atoms with Crippen LogP contribution in [-0.2, 0) is 19.1 Å². The van der Waals surface area contributed by atoms with E-state index in [4.69, 9.17) is 19.4 Å². The van der Waals surface area contributed by atoms with Crippen LogP contribution >= 0.6 is 0 Å². The lowest BCUT2D eigenvalue weighted by Gasteiger charge is -2.28. The zero-order valence-corrected chi connectivity index (χ0v) is 35.7. The van der Waals surface area contributed by atoms with Gasteiger partial charge in [-0.25, -0.2) is 28.9 Å². The second-order valence-corrected chi connectivity index (χ2v) is 16.0. The molecule has 16 heteroatoms. The van der Waals surface area contributed by atoms with E-state index >= 15 is 4.39 Å². The summed E-state index contributed by atoms with van der Waals surface area (Å²) in [5, 5.41) is 6.21. The maximum atomic E-state index is 15.9. The molecule has 9 rings (SSSR count). The Kier molecular flexibility index (Phi) is 12.0. The van der Waals surface area contributed by atoms with Crippen LogP contribution in [0.25, 0.3) is 44.7 Å². The Bertz CT molecular complexity index is 2870. The average molecular weight is 876 g/mol. The highest BCUT2D eigenvalue weighted by molar-refractivity contribution is 5.89. The zero-order chi connectivity index (χ0) is 45.0. The molecule has 0 bridgehead atoms. The molecule has 2 aliphatic rings. The maximum Gasteiger partial charge on any atom is 0.407 e. The van der Waals surface area contributed by atoms with Gasteiger partial charge in [-0.2, -0.15) is 0 Å². The van der Waals surface area contributed by atoms with Gasteiger partial charge in [0.05, 0.1) is 55.1 Å². The quantitative estimate of drug-likeness (QED) is 0.0991. The van der Waals surface area contributed by atoms with E-state index in [0.717, 1.165) is 23.8 Å². The number of alkyl carbamates (subject to hydrolysis) is 2. The van der Waals surface area contributed by atoms with E-state index in [9.17, 15) is 19.2 Å². The van der Waals surface area contributed by atoms with Gasteiger partial charge in [-0.1, -0.05) is 78.9 Å². The number of methoxy groups -OCH3 is 2. The molecule has 3 aromatic heterocycles. The predicted octanol–water partition coefficient (Wildman–Crippen LogP) is 8.34. The number of benzene rings is 4. The molecule has 330 valence electrons. The number of fused-ring (bicyclic) bond motifs is 1. The minimum atomic E-state index is -0.941. The van der Waals surface area contributed by atoms with Crippen molar-refractivity contribution in [3.05, 3.63) is 150 Å². The molecule has 0 saturated carbocycles. The van der Waals surface area contributed by atoms with Crippen LogP contribution in [0.5, 0.6) is 0 Å². The number of amides is 4. The molecular weight excluding hydrogens is 830 g/mol. The van der Waals surface area contributed by atoms with Crippen LogP contribution in [0.4, 0.5) is 14.0 Å². The largest absolute Gasteiger partial charge is 0.453 e. The smallest absolute Gasteiger partial charge is 0.407 e. The van der Waals surface area contributed by atoms with E-state index in [2.05, 4.69) is 25.6 Å². The monoisotopic (exact) mass is 875 g/mol. The highest BCUT2D eigenvalue weighted by Gasteiger charge is 2.38. The second kappa shape index (κ2) is 18.5. The molecule has 4 aromatic carbocycles. The first-order chi connectivity index (χ1) is 31.7.